The second kappa shape index (κ2) is 7.42. The molecule has 2 heterocycles. The highest BCUT2D eigenvalue weighted by atomic mass is 16.5. The van der Waals surface area contributed by atoms with Crippen molar-refractivity contribution in [3.63, 3.8) is 0 Å². The van der Waals surface area contributed by atoms with Gasteiger partial charge < -0.3 is 14.0 Å². The molecule has 0 N–H and O–H groups in total. The van der Waals surface area contributed by atoms with Gasteiger partial charge in [-0.3, -0.25) is 4.90 Å². The Balaban J connectivity index is 1.72. The first-order chi connectivity index (χ1) is 11.6. The Hall–Kier alpha value is -1.76. The number of ether oxygens (including phenoxy) is 2. The first kappa shape index (κ1) is 17.1. The van der Waals surface area contributed by atoms with Crippen molar-refractivity contribution in [1.82, 2.24) is 15.0 Å². The van der Waals surface area contributed by atoms with Gasteiger partial charge in [-0.15, -0.1) is 0 Å². The van der Waals surface area contributed by atoms with Crippen molar-refractivity contribution in [2.75, 3.05) is 20.3 Å². The molecule has 0 bridgehead atoms. The minimum absolute atomic E-state index is 0.0717. The lowest BCUT2D eigenvalue weighted by Gasteiger charge is -2.37. The predicted octanol–water partition coefficient (Wildman–Crippen LogP) is 2.79. The quantitative estimate of drug-likeness (QED) is 0.839. The van der Waals surface area contributed by atoms with Gasteiger partial charge >= 0.3 is 0 Å². The molecule has 1 aliphatic rings. The molecule has 0 spiro atoms. The van der Waals surface area contributed by atoms with E-state index in [1.54, 1.807) is 7.11 Å². The molecule has 24 heavy (non-hydrogen) atoms. The first-order valence-corrected chi connectivity index (χ1v) is 8.30. The molecule has 0 amide bonds. The second-order valence-electron chi connectivity index (χ2n) is 6.50. The summed E-state index contributed by atoms with van der Waals surface area (Å²) in [6.45, 7) is 8.91. The molecule has 1 saturated heterocycles. The number of aromatic nitrogens is 2. The topological polar surface area (TPSA) is 60.6 Å². The van der Waals surface area contributed by atoms with E-state index in [4.69, 9.17) is 14.0 Å². The SMILES string of the molecule is COCc1noc(CN2CC(c3cc(C)ccc3C)OCC2C)n1. The number of aryl methyl sites for hydroxylation is 2. The van der Waals surface area contributed by atoms with Gasteiger partial charge in [0.25, 0.3) is 0 Å². The number of nitrogens with zero attached hydrogens (tertiary/aromatic N) is 3. The molecule has 130 valence electrons. The second-order valence-corrected chi connectivity index (χ2v) is 6.50. The van der Waals surface area contributed by atoms with Crippen LogP contribution in [-0.4, -0.2) is 41.3 Å². The molecule has 0 aliphatic carbocycles. The number of methoxy groups -OCH3 is 1. The van der Waals surface area contributed by atoms with Gasteiger partial charge in [-0.2, -0.15) is 4.98 Å². The zero-order chi connectivity index (χ0) is 17.1. The molecule has 0 radical (unpaired) electrons. The van der Waals surface area contributed by atoms with Crippen LogP contribution in [0, 0.1) is 13.8 Å². The summed E-state index contributed by atoms with van der Waals surface area (Å²) in [6.07, 6.45) is 0.0717. The molecule has 2 aromatic rings. The first-order valence-electron chi connectivity index (χ1n) is 8.30. The van der Waals surface area contributed by atoms with Crippen molar-refractivity contribution >= 4 is 0 Å². The normalized spacial score (nSPS) is 22.0. The van der Waals surface area contributed by atoms with Crippen LogP contribution in [0.25, 0.3) is 0 Å². The lowest BCUT2D eigenvalue weighted by molar-refractivity contribution is -0.0662. The van der Waals surface area contributed by atoms with E-state index < -0.39 is 0 Å². The zero-order valence-corrected chi connectivity index (χ0v) is 14.8. The van der Waals surface area contributed by atoms with E-state index in [1.807, 2.05) is 0 Å². The highest BCUT2D eigenvalue weighted by molar-refractivity contribution is 5.32. The predicted molar refractivity (Wildman–Crippen MR) is 89.5 cm³/mol. The van der Waals surface area contributed by atoms with Crippen LogP contribution in [0.2, 0.25) is 0 Å². The van der Waals surface area contributed by atoms with E-state index in [-0.39, 0.29) is 6.10 Å². The summed E-state index contributed by atoms with van der Waals surface area (Å²) >= 11 is 0. The molecule has 3 rings (SSSR count). The van der Waals surface area contributed by atoms with Crippen LogP contribution in [0.1, 0.15) is 41.4 Å². The van der Waals surface area contributed by atoms with Gasteiger partial charge in [0.1, 0.15) is 6.61 Å². The summed E-state index contributed by atoms with van der Waals surface area (Å²) in [5.41, 5.74) is 3.78. The summed E-state index contributed by atoms with van der Waals surface area (Å²) in [5, 5.41) is 3.93. The average Bonchev–Trinajstić information content (AvgIpc) is 2.99. The smallest absolute Gasteiger partial charge is 0.240 e. The molecular formula is C18H25N3O3. The minimum Gasteiger partial charge on any atom is -0.377 e. The summed E-state index contributed by atoms with van der Waals surface area (Å²) in [6, 6.07) is 6.82. The van der Waals surface area contributed by atoms with E-state index >= 15 is 0 Å². The molecule has 1 aliphatic heterocycles. The number of rotatable bonds is 5. The molecule has 6 heteroatoms. The number of benzene rings is 1. The zero-order valence-electron chi connectivity index (χ0n) is 14.8. The van der Waals surface area contributed by atoms with Gasteiger partial charge in [-0.1, -0.05) is 28.9 Å². The van der Waals surface area contributed by atoms with Crippen LogP contribution in [0.15, 0.2) is 22.7 Å². The third kappa shape index (κ3) is 3.83. The number of morpholine rings is 1. The lowest BCUT2D eigenvalue weighted by atomic mass is 9.99. The third-order valence-corrected chi connectivity index (χ3v) is 4.47. The largest absolute Gasteiger partial charge is 0.377 e. The van der Waals surface area contributed by atoms with Crippen LogP contribution < -0.4 is 0 Å². The Morgan fingerprint density at radius 3 is 2.96 bits per heavy atom. The van der Waals surface area contributed by atoms with Crippen LogP contribution >= 0.6 is 0 Å². The van der Waals surface area contributed by atoms with Crippen molar-refractivity contribution in [3.05, 3.63) is 46.6 Å². The van der Waals surface area contributed by atoms with E-state index in [0.717, 1.165) is 6.54 Å². The van der Waals surface area contributed by atoms with Crippen molar-refractivity contribution < 1.29 is 14.0 Å². The maximum absolute atomic E-state index is 6.10. The molecule has 6 nitrogen and oxygen atoms in total. The summed E-state index contributed by atoms with van der Waals surface area (Å²) in [5.74, 6) is 1.20. The standard InChI is InChI=1S/C18H25N3O3/c1-12-5-6-13(2)15(7-12)16-8-21(14(3)10-23-16)9-18-19-17(11-22-4)20-24-18/h5-7,14,16H,8-11H2,1-4H3. The van der Waals surface area contributed by atoms with E-state index in [9.17, 15) is 0 Å². The van der Waals surface area contributed by atoms with Crippen LogP contribution in [-0.2, 0) is 22.6 Å². The fraction of sp³-hybridized carbons (Fsp3) is 0.556. The average molecular weight is 331 g/mol. The Bertz CT molecular complexity index is 686. The molecule has 1 fully saturated rings. The Kier molecular flexibility index (Phi) is 5.28. The fourth-order valence-corrected chi connectivity index (χ4v) is 3.04. The number of hydrogen-bond donors (Lipinski definition) is 0. The monoisotopic (exact) mass is 331 g/mol. The molecular weight excluding hydrogens is 306 g/mol. The third-order valence-electron chi connectivity index (χ3n) is 4.47. The molecule has 0 saturated carbocycles. The minimum atomic E-state index is 0.0717. The van der Waals surface area contributed by atoms with Crippen LogP contribution in [0.3, 0.4) is 0 Å². The summed E-state index contributed by atoms with van der Waals surface area (Å²) in [4.78, 5) is 6.71. The van der Waals surface area contributed by atoms with Gasteiger partial charge in [0.2, 0.25) is 5.89 Å². The van der Waals surface area contributed by atoms with Gasteiger partial charge in [-0.05, 0) is 31.9 Å². The Morgan fingerprint density at radius 1 is 1.33 bits per heavy atom. The molecule has 1 aromatic carbocycles. The van der Waals surface area contributed by atoms with Gasteiger partial charge in [0.15, 0.2) is 5.82 Å². The highest BCUT2D eigenvalue weighted by Crippen LogP contribution is 2.28. The van der Waals surface area contributed by atoms with Crippen molar-refractivity contribution in [3.8, 4) is 0 Å². The van der Waals surface area contributed by atoms with Crippen LogP contribution in [0.5, 0.6) is 0 Å². The summed E-state index contributed by atoms with van der Waals surface area (Å²) in [7, 11) is 1.62. The maximum Gasteiger partial charge on any atom is 0.240 e. The molecule has 1 aromatic heterocycles. The van der Waals surface area contributed by atoms with Gasteiger partial charge in [-0.25, -0.2) is 0 Å². The van der Waals surface area contributed by atoms with Crippen molar-refractivity contribution in [2.45, 2.75) is 46.1 Å². The van der Waals surface area contributed by atoms with E-state index in [2.05, 4.69) is 54.0 Å². The van der Waals surface area contributed by atoms with Gasteiger partial charge in [0, 0.05) is 19.7 Å². The number of hydrogen-bond acceptors (Lipinski definition) is 6. The van der Waals surface area contributed by atoms with Crippen molar-refractivity contribution in [2.24, 2.45) is 0 Å². The van der Waals surface area contributed by atoms with Crippen LogP contribution in [0.4, 0.5) is 0 Å². The highest BCUT2D eigenvalue weighted by Gasteiger charge is 2.29. The maximum atomic E-state index is 6.10. The lowest BCUT2D eigenvalue weighted by Crippen LogP contribution is -2.44. The van der Waals surface area contributed by atoms with E-state index in [0.29, 0.717) is 37.5 Å². The van der Waals surface area contributed by atoms with E-state index in [1.165, 1.54) is 16.7 Å². The summed E-state index contributed by atoms with van der Waals surface area (Å²) < 4.78 is 16.5. The Labute approximate surface area is 142 Å². The molecule has 2 atom stereocenters. The fourth-order valence-electron chi connectivity index (χ4n) is 3.04. The van der Waals surface area contributed by atoms with Crippen molar-refractivity contribution in [1.29, 1.82) is 0 Å². The Morgan fingerprint density at radius 2 is 2.17 bits per heavy atom. The van der Waals surface area contributed by atoms with Gasteiger partial charge in [0.05, 0.1) is 19.3 Å². The molecule has 2 unspecified atom stereocenters.